The van der Waals surface area contributed by atoms with Crippen molar-refractivity contribution in [3.05, 3.63) is 63.7 Å². The van der Waals surface area contributed by atoms with E-state index in [1.807, 2.05) is 19.1 Å². The molecule has 21 heavy (non-hydrogen) atoms. The molecule has 0 saturated heterocycles. The van der Waals surface area contributed by atoms with Gasteiger partial charge in [-0.25, -0.2) is 0 Å². The van der Waals surface area contributed by atoms with Crippen LogP contribution in [-0.4, -0.2) is 5.78 Å². The number of aryl methyl sites for hydroxylation is 1. The molecule has 0 unspecified atom stereocenters. The summed E-state index contributed by atoms with van der Waals surface area (Å²) in [5.74, 6) is 0.416. The highest BCUT2D eigenvalue weighted by atomic mass is 35.5. The average molecular weight is 300 g/mol. The van der Waals surface area contributed by atoms with Crippen molar-refractivity contribution >= 4 is 17.4 Å². The van der Waals surface area contributed by atoms with Crippen LogP contribution in [0, 0.1) is 18.3 Å². The molecule has 2 aromatic carbocycles. The van der Waals surface area contributed by atoms with Gasteiger partial charge in [0, 0.05) is 5.02 Å². The first-order valence-electron chi connectivity index (χ1n) is 6.44. The SMILES string of the molecule is CC(=O)c1cc(Cl)ccc1OCc1ccc(C#N)cc1C. The Kier molecular flexibility index (Phi) is 4.62. The van der Waals surface area contributed by atoms with Gasteiger partial charge in [-0.2, -0.15) is 5.26 Å². The molecule has 2 rings (SSSR count). The molecule has 4 heteroatoms. The van der Waals surface area contributed by atoms with Gasteiger partial charge in [0.2, 0.25) is 0 Å². The van der Waals surface area contributed by atoms with Gasteiger partial charge >= 0.3 is 0 Å². The maximum atomic E-state index is 11.6. The lowest BCUT2D eigenvalue weighted by atomic mass is 10.1. The van der Waals surface area contributed by atoms with Gasteiger partial charge in [-0.3, -0.25) is 4.79 Å². The van der Waals surface area contributed by atoms with E-state index in [4.69, 9.17) is 21.6 Å². The molecule has 0 radical (unpaired) electrons. The number of nitriles is 1. The Morgan fingerprint density at radius 1 is 1.29 bits per heavy atom. The van der Waals surface area contributed by atoms with E-state index in [1.54, 1.807) is 24.3 Å². The molecular formula is C17H14ClNO2. The Balaban J connectivity index is 2.21. The zero-order valence-electron chi connectivity index (χ0n) is 11.8. The lowest BCUT2D eigenvalue weighted by Gasteiger charge is -2.12. The third-order valence-corrected chi connectivity index (χ3v) is 3.41. The van der Waals surface area contributed by atoms with Crippen LogP contribution in [0.25, 0.3) is 0 Å². The normalized spacial score (nSPS) is 10.0. The highest BCUT2D eigenvalue weighted by Crippen LogP contribution is 2.24. The molecule has 3 nitrogen and oxygen atoms in total. The number of ether oxygens (including phenoxy) is 1. The largest absolute Gasteiger partial charge is 0.488 e. The minimum Gasteiger partial charge on any atom is -0.488 e. The van der Waals surface area contributed by atoms with Gasteiger partial charge in [-0.15, -0.1) is 0 Å². The van der Waals surface area contributed by atoms with Crippen molar-refractivity contribution in [1.82, 2.24) is 0 Å². The van der Waals surface area contributed by atoms with Crippen LogP contribution < -0.4 is 4.74 Å². The molecule has 0 heterocycles. The number of halogens is 1. The average Bonchev–Trinajstić information content (AvgIpc) is 2.46. The maximum absolute atomic E-state index is 11.6. The molecule has 0 amide bonds. The van der Waals surface area contributed by atoms with E-state index < -0.39 is 0 Å². The van der Waals surface area contributed by atoms with E-state index >= 15 is 0 Å². The smallest absolute Gasteiger partial charge is 0.163 e. The van der Waals surface area contributed by atoms with Crippen LogP contribution in [0.5, 0.6) is 5.75 Å². The minimum absolute atomic E-state index is 0.0935. The topological polar surface area (TPSA) is 50.1 Å². The zero-order chi connectivity index (χ0) is 15.4. The fourth-order valence-electron chi connectivity index (χ4n) is 1.99. The van der Waals surface area contributed by atoms with E-state index in [0.29, 0.717) is 28.5 Å². The molecule has 2 aromatic rings. The van der Waals surface area contributed by atoms with Crippen molar-refractivity contribution in [3.63, 3.8) is 0 Å². The number of hydrogen-bond donors (Lipinski definition) is 0. The molecule has 0 spiro atoms. The van der Waals surface area contributed by atoms with Gasteiger partial charge in [0.25, 0.3) is 0 Å². The predicted molar refractivity (Wildman–Crippen MR) is 81.7 cm³/mol. The van der Waals surface area contributed by atoms with E-state index in [9.17, 15) is 4.79 Å². The van der Waals surface area contributed by atoms with Crippen LogP contribution in [0.3, 0.4) is 0 Å². The molecular weight excluding hydrogens is 286 g/mol. The second kappa shape index (κ2) is 6.43. The van der Waals surface area contributed by atoms with Crippen molar-refractivity contribution < 1.29 is 9.53 Å². The molecule has 0 aliphatic rings. The molecule has 0 aliphatic carbocycles. The van der Waals surface area contributed by atoms with Crippen molar-refractivity contribution in [3.8, 4) is 11.8 Å². The summed E-state index contributed by atoms with van der Waals surface area (Å²) in [7, 11) is 0. The number of rotatable bonds is 4. The van der Waals surface area contributed by atoms with Crippen LogP contribution in [0.2, 0.25) is 5.02 Å². The Morgan fingerprint density at radius 3 is 2.67 bits per heavy atom. The number of benzene rings is 2. The predicted octanol–water partition coefficient (Wildman–Crippen LogP) is 4.30. The molecule has 0 fully saturated rings. The van der Waals surface area contributed by atoms with Crippen LogP contribution in [0.15, 0.2) is 36.4 Å². The van der Waals surface area contributed by atoms with Crippen molar-refractivity contribution in [2.24, 2.45) is 0 Å². The van der Waals surface area contributed by atoms with E-state index in [0.717, 1.165) is 11.1 Å². The van der Waals surface area contributed by atoms with Gasteiger partial charge in [0.05, 0.1) is 17.2 Å². The molecule has 0 saturated carbocycles. The summed E-state index contributed by atoms with van der Waals surface area (Å²) in [5.41, 5.74) is 3.03. The fraction of sp³-hybridized carbons (Fsp3) is 0.176. The highest BCUT2D eigenvalue weighted by molar-refractivity contribution is 6.31. The summed E-state index contributed by atoms with van der Waals surface area (Å²) >= 11 is 5.90. The number of carbonyl (C=O) groups excluding carboxylic acids is 1. The number of ketones is 1. The summed E-state index contributed by atoms with van der Waals surface area (Å²) < 4.78 is 5.73. The second-order valence-corrected chi connectivity index (χ2v) is 5.17. The molecule has 0 aliphatic heterocycles. The Morgan fingerprint density at radius 2 is 2.05 bits per heavy atom. The molecule has 0 atom stereocenters. The summed E-state index contributed by atoms with van der Waals surface area (Å²) in [4.78, 5) is 11.6. The van der Waals surface area contributed by atoms with E-state index in [1.165, 1.54) is 6.92 Å². The van der Waals surface area contributed by atoms with Crippen molar-refractivity contribution in [2.75, 3.05) is 0 Å². The van der Waals surface area contributed by atoms with Crippen molar-refractivity contribution in [1.29, 1.82) is 5.26 Å². The first-order chi connectivity index (χ1) is 10.0. The van der Waals surface area contributed by atoms with Gasteiger partial charge in [0.15, 0.2) is 5.78 Å². The highest BCUT2D eigenvalue weighted by Gasteiger charge is 2.10. The van der Waals surface area contributed by atoms with Gasteiger partial charge in [0.1, 0.15) is 12.4 Å². The third-order valence-electron chi connectivity index (χ3n) is 3.18. The lowest BCUT2D eigenvalue weighted by Crippen LogP contribution is -2.03. The van der Waals surface area contributed by atoms with E-state index in [2.05, 4.69) is 6.07 Å². The Labute approximate surface area is 128 Å². The third kappa shape index (κ3) is 3.62. The lowest BCUT2D eigenvalue weighted by molar-refractivity contribution is 0.101. The molecule has 0 N–H and O–H groups in total. The maximum Gasteiger partial charge on any atom is 0.163 e. The quantitative estimate of drug-likeness (QED) is 0.791. The standard InChI is InChI=1S/C17H14ClNO2/c1-11-7-13(9-19)3-4-14(11)10-21-17-6-5-15(18)8-16(17)12(2)20/h3-8H,10H2,1-2H3. The van der Waals surface area contributed by atoms with E-state index in [-0.39, 0.29) is 5.78 Å². The van der Waals surface area contributed by atoms with Gasteiger partial charge in [-0.05, 0) is 55.3 Å². The Bertz CT molecular complexity index is 732. The first kappa shape index (κ1) is 15.1. The minimum atomic E-state index is -0.0935. The number of Topliss-reactive ketones (excluding diaryl/α,β-unsaturated/α-hetero) is 1. The van der Waals surface area contributed by atoms with Gasteiger partial charge < -0.3 is 4.74 Å². The van der Waals surface area contributed by atoms with Crippen LogP contribution >= 0.6 is 11.6 Å². The summed E-state index contributed by atoms with van der Waals surface area (Å²) in [6.07, 6.45) is 0. The molecule has 106 valence electrons. The van der Waals surface area contributed by atoms with Crippen LogP contribution in [-0.2, 0) is 6.61 Å². The molecule has 0 bridgehead atoms. The number of hydrogen-bond acceptors (Lipinski definition) is 3. The summed E-state index contributed by atoms with van der Waals surface area (Å²) in [6.45, 7) is 3.73. The van der Waals surface area contributed by atoms with Crippen molar-refractivity contribution in [2.45, 2.75) is 20.5 Å². The van der Waals surface area contributed by atoms with Gasteiger partial charge in [-0.1, -0.05) is 17.7 Å². The summed E-state index contributed by atoms with van der Waals surface area (Å²) in [6, 6.07) is 12.5. The number of carbonyl (C=O) groups is 1. The Hall–Kier alpha value is -2.31. The fourth-order valence-corrected chi connectivity index (χ4v) is 2.16. The second-order valence-electron chi connectivity index (χ2n) is 4.74. The zero-order valence-corrected chi connectivity index (χ0v) is 12.6. The first-order valence-corrected chi connectivity index (χ1v) is 6.82. The van der Waals surface area contributed by atoms with Crippen LogP contribution in [0.4, 0.5) is 0 Å². The monoisotopic (exact) mass is 299 g/mol. The van der Waals surface area contributed by atoms with Crippen LogP contribution in [0.1, 0.15) is 34.0 Å². The number of nitrogens with zero attached hydrogens (tertiary/aromatic N) is 1. The molecule has 0 aromatic heterocycles. The summed E-state index contributed by atoms with van der Waals surface area (Å²) in [5, 5.41) is 9.36.